The number of anilines is 1. The molecule has 3 rings (SSSR count). The molecule has 0 saturated carbocycles. The molecule has 0 bridgehead atoms. The number of carbonyl (C=O) groups is 1. The average Bonchev–Trinajstić information content (AvgIpc) is 2.85. The van der Waals surface area contributed by atoms with Crippen molar-refractivity contribution in [3.63, 3.8) is 0 Å². The van der Waals surface area contributed by atoms with Crippen LogP contribution in [0.2, 0.25) is 0 Å². The Bertz CT molecular complexity index is 611. The zero-order chi connectivity index (χ0) is 13.4. The second-order valence-corrected chi connectivity index (χ2v) is 5.09. The number of carboxylic acid groups (broad SMARTS) is 1. The number of hydrogen-bond donors (Lipinski definition) is 1. The van der Waals surface area contributed by atoms with Crippen molar-refractivity contribution in [2.24, 2.45) is 11.8 Å². The van der Waals surface area contributed by atoms with Crippen LogP contribution in [-0.4, -0.2) is 43.7 Å². The Morgan fingerprint density at radius 2 is 2.32 bits per heavy atom. The van der Waals surface area contributed by atoms with Crippen LogP contribution in [0.3, 0.4) is 0 Å². The minimum absolute atomic E-state index is 0.319. The van der Waals surface area contributed by atoms with Gasteiger partial charge in [0.1, 0.15) is 6.33 Å². The van der Waals surface area contributed by atoms with Crippen molar-refractivity contribution in [3.8, 4) is 0 Å². The highest BCUT2D eigenvalue weighted by atomic mass is 16.4. The highest BCUT2D eigenvalue weighted by Crippen LogP contribution is 2.27. The van der Waals surface area contributed by atoms with E-state index < -0.39 is 5.97 Å². The highest BCUT2D eigenvalue weighted by molar-refractivity contribution is 5.72. The van der Waals surface area contributed by atoms with Gasteiger partial charge < -0.3 is 10.0 Å². The summed E-state index contributed by atoms with van der Waals surface area (Å²) >= 11 is 0. The summed E-state index contributed by atoms with van der Waals surface area (Å²) in [6.45, 7) is 3.33. The molecule has 7 heteroatoms. The molecule has 2 unspecified atom stereocenters. The molecule has 0 spiro atoms. The first-order valence-electron chi connectivity index (χ1n) is 6.27. The summed E-state index contributed by atoms with van der Waals surface area (Å²) in [6.07, 6.45) is 5.78. The first-order valence-corrected chi connectivity index (χ1v) is 6.27. The van der Waals surface area contributed by atoms with Crippen LogP contribution in [-0.2, 0) is 4.79 Å². The number of nitrogens with zero attached hydrogens (tertiary/aromatic N) is 5. The average molecular weight is 261 g/mol. The van der Waals surface area contributed by atoms with E-state index in [1.54, 1.807) is 23.1 Å². The smallest absolute Gasteiger partial charge is 0.308 e. The maximum atomic E-state index is 11.2. The van der Waals surface area contributed by atoms with E-state index in [4.69, 9.17) is 0 Å². The number of aromatic nitrogens is 4. The SMILES string of the molecule is CC1CC(C(=O)O)CN(c2nccn3cnnc23)C1. The van der Waals surface area contributed by atoms with Crippen LogP contribution in [0.25, 0.3) is 5.65 Å². The van der Waals surface area contributed by atoms with Gasteiger partial charge in [0.05, 0.1) is 5.92 Å². The standard InChI is InChI=1S/C12H15N5O2/c1-8-4-9(12(18)19)6-17(5-8)10-11-15-14-7-16(11)3-2-13-10/h2-3,7-9H,4-6H2,1H3,(H,18,19). The van der Waals surface area contributed by atoms with Crippen molar-refractivity contribution in [2.75, 3.05) is 18.0 Å². The summed E-state index contributed by atoms with van der Waals surface area (Å²) in [6, 6.07) is 0. The van der Waals surface area contributed by atoms with Crippen LogP contribution in [0, 0.1) is 11.8 Å². The zero-order valence-corrected chi connectivity index (χ0v) is 10.6. The predicted octanol–water partition coefficient (Wildman–Crippen LogP) is 0.671. The fraction of sp³-hybridized carbons (Fsp3) is 0.500. The van der Waals surface area contributed by atoms with Gasteiger partial charge >= 0.3 is 5.97 Å². The number of hydrogen-bond acceptors (Lipinski definition) is 5. The van der Waals surface area contributed by atoms with Gasteiger partial charge in [0.2, 0.25) is 5.65 Å². The third-order valence-electron chi connectivity index (χ3n) is 3.51. The Hall–Kier alpha value is -2.18. The third kappa shape index (κ3) is 2.11. The minimum Gasteiger partial charge on any atom is -0.481 e. The van der Waals surface area contributed by atoms with Gasteiger partial charge in [-0.3, -0.25) is 9.20 Å². The Morgan fingerprint density at radius 1 is 1.47 bits per heavy atom. The van der Waals surface area contributed by atoms with Crippen molar-refractivity contribution in [2.45, 2.75) is 13.3 Å². The molecule has 1 fully saturated rings. The fourth-order valence-corrected chi connectivity index (χ4v) is 2.67. The van der Waals surface area contributed by atoms with Gasteiger partial charge in [-0.25, -0.2) is 4.98 Å². The fourth-order valence-electron chi connectivity index (χ4n) is 2.67. The van der Waals surface area contributed by atoms with E-state index in [-0.39, 0.29) is 5.92 Å². The highest BCUT2D eigenvalue weighted by Gasteiger charge is 2.31. The van der Waals surface area contributed by atoms with Gasteiger partial charge in [-0.05, 0) is 12.3 Å². The summed E-state index contributed by atoms with van der Waals surface area (Å²) in [7, 11) is 0. The molecular weight excluding hydrogens is 246 g/mol. The van der Waals surface area contributed by atoms with Gasteiger partial charge in [-0.15, -0.1) is 10.2 Å². The lowest BCUT2D eigenvalue weighted by molar-refractivity contribution is -0.142. The van der Waals surface area contributed by atoms with E-state index in [0.29, 0.717) is 30.3 Å². The first kappa shape index (κ1) is 11.9. The van der Waals surface area contributed by atoms with E-state index in [1.807, 2.05) is 4.90 Å². The van der Waals surface area contributed by atoms with Gasteiger partial charge in [0.15, 0.2) is 5.82 Å². The van der Waals surface area contributed by atoms with E-state index in [1.165, 1.54) is 0 Å². The van der Waals surface area contributed by atoms with Crippen molar-refractivity contribution < 1.29 is 9.90 Å². The van der Waals surface area contributed by atoms with Crippen LogP contribution < -0.4 is 4.90 Å². The number of fused-ring (bicyclic) bond motifs is 1. The van der Waals surface area contributed by atoms with Crippen molar-refractivity contribution in [3.05, 3.63) is 18.7 Å². The van der Waals surface area contributed by atoms with Crippen LogP contribution >= 0.6 is 0 Å². The molecule has 0 radical (unpaired) electrons. The van der Waals surface area contributed by atoms with E-state index >= 15 is 0 Å². The van der Waals surface area contributed by atoms with Crippen LogP contribution in [0.4, 0.5) is 5.82 Å². The zero-order valence-electron chi connectivity index (χ0n) is 10.6. The maximum Gasteiger partial charge on any atom is 0.308 e. The van der Waals surface area contributed by atoms with Gasteiger partial charge in [0.25, 0.3) is 0 Å². The topological polar surface area (TPSA) is 83.6 Å². The van der Waals surface area contributed by atoms with Gasteiger partial charge in [0, 0.05) is 25.5 Å². The summed E-state index contributed by atoms with van der Waals surface area (Å²) in [5, 5.41) is 17.1. The minimum atomic E-state index is -0.745. The number of carboxylic acids is 1. The molecule has 19 heavy (non-hydrogen) atoms. The third-order valence-corrected chi connectivity index (χ3v) is 3.51. The summed E-state index contributed by atoms with van der Waals surface area (Å²) in [5.74, 6) is -0.0728. The molecule has 0 aromatic carbocycles. The summed E-state index contributed by atoms with van der Waals surface area (Å²) in [4.78, 5) is 17.5. The van der Waals surface area contributed by atoms with E-state index in [2.05, 4.69) is 22.1 Å². The molecule has 1 saturated heterocycles. The van der Waals surface area contributed by atoms with Crippen LogP contribution in [0.1, 0.15) is 13.3 Å². The molecular formula is C12H15N5O2. The summed E-state index contributed by atoms with van der Waals surface area (Å²) in [5.41, 5.74) is 0.667. The Kier molecular flexibility index (Phi) is 2.81. The maximum absolute atomic E-state index is 11.2. The molecule has 2 aromatic rings. The van der Waals surface area contributed by atoms with E-state index in [0.717, 1.165) is 6.54 Å². The normalized spacial score (nSPS) is 23.7. The molecule has 0 aliphatic carbocycles. The van der Waals surface area contributed by atoms with E-state index in [9.17, 15) is 9.90 Å². The van der Waals surface area contributed by atoms with Gasteiger partial charge in [-0.1, -0.05) is 6.92 Å². The molecule has 100 valence electrons. The second-order valence-electron chi connectivity index (χ2n) is 5.09. The molecule has 7 nitrogen and oxygen atoms in total. The number of aliphatic carboxylic acids is 1. The lowest BCUT2D eigenvalue weighted by Gasteiger charge is -2.35. The number of piperidine rings is 1. The van der Waals surface area contributed by atoms with Crippen LogP contribution in [0.15, 0.2) is 18.7 Å². The van der Waals surface area contributed by atoms with Crippen LogP contribution in [0.5, 0.6) is 0 Å². The van der Waals surface area contributed by atoms with Crippen molar-refractivity contribution in [1.29, 1.82) is 0 Å². The Balaban J connectivity index is 1.96. The molecule has 1 N–H and O–H groups in total. The summed E-state index contributed by atoms with van der Waals surface area (Å²) < 4.78 is 1.79. The van der Waals surface area contributed by atoms with Crippen molar-refractivity contribution >= 4 is 17.4 Å². The lowest BCUT2D eigenvalue weighted by atomic mass is 9.90. The van der Waals surface area contributed by atoms with Gasteiger partial charge in [-0.2, -0.15) is 0 Å². The Labute approximate surface area is 109 Å². The molecule has 2 aromatic heterocycles. The Morgan fingerprint density at radius 3 is 3.11 bits per heavy atom. The molecule has 2 atom stereocenters. The molecule has 1 aliphatic rings. The monoisotopic (exact) mass is 261 g/mol. The molecule has 3 heterocycles. The first-order chi connectivity index (χ1) is 9.15. The lowest BCUT2D eigenvalue weighted by Crippen LogP contribution is -2.43. The quantitative estimate of drug-likeness (QED) is 0.855. The number of rotatable bonds is 2. The predicted molar refractivity (Wildman–Crippen MR) is 67.9 cm³/mol. The second kappa shape index (κ2) is 4.49. The largest absolute Gasteiger partial charge is 0.481 e. The van der Waals surface area contributed by atoms with Crippen molar-refractivity contribution in [1.82, 2.24) is 19.6 Å². The molecule has 0 amide bonds. The molecule has 1 aliphatic heterocycles.